The van der Waals surface area contributed by atoms with Gasteiger partial charge in [0.05, 0.1) is 5.69 Å². The topological polar surface area (TPSA) is 72.7 Å². The highest BCUT2D eigenvalue weighted by Crippen LogP contribution is 2.25. The van der Waals surface area contributed by atoms with Gasteiger partial charge in [0.15, 0.2) is 0 Å². The van der Waals surface area contributed by atoms with Gasteiger partial charge in [0, 0.05) is 17.9 Å². The molecule has 0 unspecified atom stereocenters. The van der Waals surface area contributed by atoms with E-state index in [2.05, 4.69) is 46.0 Å². The van der Waals surface area contributed by atoms with Crippen molar-refractivity contribution >= 4 is 23.4 Å². The number of nitrogens with one attached hydrogen (secondary N) is 1. The Hall–Kier alpha value is -2.67. The molecule has 1 heterocycles. The van der Waals surface area contributed by atoms with Gasteiger partial charge in [-0.3, -0.25) is 4.79 Å². The Morgan fingerprint density at radius 2 is 2.00 bits per heavy atom. The maximum absolute atomic E-state index is 12.3. The predicted octanol–water partition coefficient (Wildman–Crippen LogP) is 3.89. The summed E-state index contributed by atoms with van der Waals surface area (Å²) in [4.78, 5) is 12.3. The lowest BCUT2D eigenvalue weighted by molar-refractivity contribution is -0.115. The van der Waals surface area contributed by atoms with Crippen molar-refractivity contribution in [3.63, 3.8) is 0 Å². The maximum Gasteiger partial charge on any atom is 0.225 e. The molecular weight excluding hydrogens is 370 g/mol. The number of rotatable bonds is 6. The SMILES string of the molecule is Cc1ccc(-n2nnnc2SCCC(=O)Nc2ccc3c(c2)CCC3)c(C)c1. The van der Waals surface area contributed by atoms with Crippen LogP contribution in [0, 0.1) is 13.8 Å². The van der Waals surface area contributed by atoms with Gasteiger partial charge in [-0.15, -0.1) is 5.10 Å². The highest BCUT2D eigenvalue weighted by molar-refractivity contribution is 7.99. The molecule has 6 nitrogen and oxygen atoms in total. The third kappa shape index (κ3) is 4.09. The molecule has 0 saturated heterocycles. The van der Waals surface area contributed by atoms with Crippen molar-refractivity contribution in [1.82, 2.24) is 20.2 Å². The zero-order chi connectivity index (χ0) is 19.5. The molecule has 4 rings (SSSR count). The average molecular weight is 394 g/mol. The van der Waals surface area contributed by atoms with Crippen LogP contribution in [0.4, 0.5) is 5.69 Å². The van der Waals surface area contributed by atoms with Crippen molar-refractivity contribution < 1.29 is 4.79 Å². The number of benzene rings is 2. The zero-order valence-electron chi connectivity index (χ0n) is 16.1. The summed E-state index contributed by atoms with van der Waals surface area (Å²) < 4.78 is 1.73. The fourth-order valence-corrected chi connectivity index (χ4v) is 4.39. The molecule has 1 aliphatic carbocycles. The molecule has 1 amide bonds. The summed E-state index contributed by atoms with van der Waals surface area (Å²) >= 11 is 1.49. The number of carbonyl (C=O) groups is 1. The molecular formula is C21H23N5OS. The van der Waals surface area contributed by atoms with Crippen molar-refractivity contribution in [3.8, 4) is 5.69 Å². The van der Waals surface area contributed by atoms with E-state index in [0.717, 1.165) is 29.8 Å². The summed E-state index contributed by atoms with van der Waals surface area (Å²) in [5, 5.41) is 15.7. The molecule has 0 fully saturated rings. The van der Waals surface area contributed by atoms with E-state index in [1.54, 1.807) is 4.68 Å². The van der Waals surface area contributed by atoms with E-state index in [-0.39, 0.29) is 5.91 Å². The Labute approximate surface area is 168 Å². The Bertz CT molecular complexity index is 1010. The molecule has 0 spiro atoms. The van der Waals surface area contributed by atoms with E-state index in [9.17, 15) is 4.79 Å². The number of aromatic nitrogens is 4. The molecule has 3 aromatic rings. The minimum absolute atomic E-state index is 0.0102. The fraction of sp³-hybridized carbons (Fsp3) is 0.333. The summed E-state index contributed by atoms with van der Waals surface area (Å²) in [7, 11) is 0. The molecule has 2 aromatic carbocycles. The third-order valence-electron chi connectivity index (χ3n) is 4.96. The number of aryl methyl sites for hydroxylation is 4. The van der Waals surface area contributed by atoms with Gasteiger partial charge in [-0.05, 0) is 78.4 Å². The van der Waals surface area contributed by atoms with Crippen LogP contribution in [-0.2, 0) is 17.6 Å². The monoisotopic (exact) mass is 393 g/mol. The number of anilines is 1. The van der Waals surface area contributed by atoms with E-state index in [0.29, 0.717) is 17.3 Å². The van der Waals surface area contributed by atoms with Crippen LogP contribution in [0.3, 0.4) is 0 Å². The minimum Gasteiger partial charge on any atom is -0.326 e. The second-order valence-corrected chi connectivity index (χ2v) is 8.21. The smallest absolute Gasteiger partial charge is 0.225 e. The molecule has 0 aliphatic heterocycles. The fourth-order valence-electron chi connectivity index (χ4n) is 3.57. The Morgan fingerprint density at radius 3 is 2.86 bits per heavy atom. The van der Waals surface area contributed by atoms with E-state index >= 15 is 0 Å². The van der Waals surface area contributed by atoms with Crippen LogP contribution >= 0.6 is 11.8 Å². The largest absolute Gasteiger partial charge is 0.326 e. The van der Waals surface area contributed by atoms with Crippen LogP contribution in [-0.4, -0.2) is 31.9 Å². The third-order valence-corrected chi connectivity index (χ3v) is 5.88. The number of hydrogen-bond donors (Lipinski definition) is 1. The van der Waals surface area contributed by atoms with Crippen LogP contribution < -0.4 is 5.32 Å². The van der Waals surface area contributed by atoms with Gasteiger partial charge in [-0.25, -0.2) is 0 Å². The highest BCUT2D eigenvalue weighted by atomic mass is 32.2. The number of amides is 1. The number of hydrogen-bond acceptors (Lipinski definition) is 5. The van der Waals surface area contributed by atoms with Crippen LogP contribution in [0.5, 0.6) is 0 Å². The van der Waals surface area contributed by atoms with Crippen molar-refractivity contribution in [3.05, 3.63) is 58.7 Å². The molecule has 0 radical (unpaired) electrons. The maximum atomic E-state index is 12.3. The van der Waals surface area contributed by atoms with Crippen molar-refractivity contribution in [1.29, 1.82) is 0 Å². The van der Waals surface area contributed by atoms with Gasteiger partial charge in [-0.2, -0.15) is 4.68 Å². The normalized spacial score (nSPS) is 12.8. The molecule has 0 atom stereocenters. The molecule has 7 heteroatoms. The lowest BCUT2D eigenvalue weighted by Crippen LogP contribution is -2.12. The number of carbonyl (C=O) groups excluding carboxylic acids is 1. The van der Waals surface area contributed by atoms with Gasteiger partial charge in [0.2, 0.25) is 11.1 Å². The van der Waals surface area contributed by atoms with Crippen LogP contribution in [0.2, 0.25) is 0 Å². The molecule has 0 saturated carbocycles. The van der Waals surface area contributed by atoms with E-state index in [1.807, 2.05) is 25.1 Å². The van der Waals surface area contributed by atoms with Crippen molar-refractivity contribution in [2.45, 2.75) is 44.7 Å². The second kappa shape index (κ2) is 8.14. The number of fused-ring (bicyclic) bond motifs is 1. The van der Waals surface area contributed by atoms with Gasteiger partial charge in [0.1, 0.15) is 0 Å². The number of nitrogens with zero attached hydrogens (tertiary/aromatic N) is 4. The first-order valence-electron chi connectivity index (χ1n) is 9.50. The van der Waals surface area contributed by atoms with Gasteiger partial charge in [-0.1, -0.05) is 35.5 Å². The van der Waals surface area contributed by atoms with Gasteiger partial charge >= 0.3 is 0 Å². The molecule has 144 valence electrons. The van der Waals surface area contributed by atoms with E-state index in [1.165, 1.54) is 34.9 Å². The molecule has 1 aliphatic rings. The quantitative estimate of drug-likeness (QED) is 0.643. The van der Waals surface area contributed by atoms with E-state index < -0.39 is 0 Å². The van der Waals surface area contributed by atoms with E-state index in [4.69, 9.17) is 0 Å². The van der Waals surface area contributed by atoms with Crippen molar-refractivity contribution in [2.24, 2.45) is 0 Å². The molecule has 28 heavy (non-hydrogen) atoms. The second-order valence-electron chi connectivity index (χ2n) is 7.15. The lowest BCUT2D eigenvalue weighted by Gasteiger charge is -2.09. The number of thioether (sulfide) groups is 1. The molecule has 1 aromatic heterocycles. The van der Waals surface area contributed by atoms with Gasteiger partial charge < -0.3 is 5.32 Å². The first kappa shape index (κ1) is 18.7. The Morgan fingerprint density at radius 1 is 1.14 bits per heavy atom. The van der Waals surface area contributed by atoms with Gasteiger partial charge in [0.25, 0.3) is 0 Å². The summed E-state index contributed by atoms with van der Waals surface area (Å²) in [5.41, 5.74) is 6.93. The van der Waals surface area contributed by atoms with Crippen LogP contribution in [0.25, 0.3) is 5.69 Å². The van der Waals surface area contributed by atoms with Crippen LogP contribution in [0.1, 0.15) is 35.1 Å². The first-order chi connectivity index (χ1) is 13.6. The first-order valence-corrected chi connectivity index (χ1v) is 10.5. The van der Waals surface area contributed by atoms with Crippen LogP contribution in [0.15, 0.2) is 41.6 Å². The molecule has 1 N–H and O–H groups in total. The predicted molar refractivity (Wildman–Crippen MR) is 111 cm³/mol. The summed E-state index contributed by atoms with van der Waals surface area (Å²) in [6.45, 7) is 4.11. The summed E-state index contributed by atoms with van der Waals surface area (Å²) in [6, 6.07) is 12.4. The Kier molecular flexibility index (Phi) is 5.43. The zero-order valence-corrected chi connectivity index (χ0v) is 16.9. The highest BCUT2D eigenvalue weighted by Gasteiger charge is 2.14. The van der Waals surface area contributed by atoms with Crippen molar-refractivity contribution in [2.75, 3.05) is 11.1 Å². The Balaban J connectivity index is 1.34. The number of tetrazole rings is 1. The lowest BCUT2D eigenvalue weighted by atomic mass is 10.1. The summed E-state index contributed by atoms with van der Waals surface area (Å²) in [5.74, 6) is 0.623. The summed E-state index contributed by atoms with van der Waals surface area (Å²) in [6.07, 6.45) is 3.87. The molecule has 0 bridgehead atoms. The standard InChI is InChI=1S/C21H23N5OS/c1-14-6-9-19(15(2)12-14)26-21(23-24-25-26)28-11-10-20(27)22-18-8-7-16-4-3-5-17(16)13-18/h6-9,12-13H,3-5,10-11H2,1-2H3,(H,22,27). The minimum atomic E-state index is 0.0102. The average Bonchev–Trinajstić information content (AvgIpc) is 3.30.